The first-order valence-electron chi connectivity index (χ1n) is 12.4. The smallest absolute Gasteiger partial charge is 0.0443 e. The van der Waals surface area contributed by atoms with Gasteiger partial charge in [0, 0.05) is 0 Å². The molecule has 0 aliphatic rings. The predicted molar refractivity (Wildman–Crippen MR) is 121 cm³/mol. The Hall–Kier alpha value is 0. The van der Waals surface area contributed by atoms with Crippen molar-refractivity contribution in [1.82, 2.24) is 0 Å². The van der Waals surface area contributed by atoms with Gasteiger partial charge in [0.05, 0.1) is 0 Å². The van der Waals surface area contributed by atoms with Gasteiger partial charge in [-0.2, -0.15) is 0 Å². The maximum Gasteiger partial charge on any atom is -0.0443 e. The fourth-order valence-electron chi connectivity index (χ4n) is 3.96. The van der Waals surface area contributed by atoms with E-state index < -0.39 is 0 Å². The number of unbranched alkanes of at least 4 members (excludes halogenated alkanes) is 18. The van der Waals surface area contributed by atoms with Crippen molar-refractivity contribution in [2.45, 2.75) is 148 Å². The van der Waals surface area contributed by atoms with E-state index in [1.165, 1.54) is 128 Å². The Bertz CT molecular complexity index is 232. The van der Waals surface area contributed by atoms with E-state index in [0.29, 0.717) is 0 Å². The topological polar surface area (TPSA) is 0 Å². The highest BCUT2D eigenvalue weighted by Crippen LogP contribution is 2.18. The molecule has 0 rings (SSSR count). The molecule has 0 saturated heterocycles. The quantitative estimate of drug-likeness (QED) is 0.168. The van der Waals surface area contributed by atoms with Crippen LogP contribution in [0.1, 0.15) is 148 Å². The van der Waals surface area contributed by atoms with Crippen LogP contribution in [0.25, 0.3) is 0 Å². The summed E-state index contributed by atoms with van der Waals surface area (Å²) in [7, 11) is 0. The third-order valence-corrected chi connectivity index (χ3v) is 5.89. The molecule has 0 heteroatoms. The molecule has 26 heavy (non-hydrogen) atoms. The molecule has 0 bridgehead atoms. The molecule has 0 nitrogen and oxygen atoms in total. The summed E-state index contributed by atoms with van der Waals surface area (Å²) in [4.78, 5) is 0. The Morgan fingerprint density at radius 1 is 0.385 bits per heavy atom. The lowest BCUT2D eigenvalue weighted by Gasteiger charge is -2.11. The van der Waals surface area contributed by atoms with E-state index in [1.807, 2.05) is 0 Å². The van der Waals surface area contributed by atoms with Crippen LogP contribution in [0.15, 0.2) is 0 Å². The van der Waals surface area contributed by atoms with Crippen LogP contribution in [0.3, 0.4) is 0 Å². The Morgan fingerprint density at radius 2 is 0.615 bits per heavy atom. The molecule has 0 aromatic rings. The van der Waals surface area contributed by atoms with Crippen molar-refractivity contribution in [2.75, 3.05) is 0 Å². The van der Waals surface area contributed by atoms with Crippen LogP contribution in [0.5, 0.6) is 0 Å². The van der Waals surface area contributed by atoms with E-state index in [9.17, 15) is 0 Å². The van der Waals surface area contributed by atoms with Gasteiger partial charge in [-0.1, -0.05) is 162 Å². The van der Waals surface area contributed by atoms with Gasteiger partial charge in [-0.15, -0.1) is 0 Å². The zero-order valence-electron chi connectivity index (χ0n) is 18.5. The van der Waals surface area contributed by atoms with Crippen LogP contribution < -0.4 is 0 Å². The van der Waals surface area contributed by atoms with Gasteiger partial charge in [-0.25, -0.2) is 0 Å². The highest BCUT2D eigenvalue weighted by Gasteiger charge is 2.02. The normalized spacial score (nSPS) is 12.6. The Balaban J connectivity index is 3.08. The highest BCUT2D eigenvalue weighted by atomic mass is 14.1. The van der Waals surface area contributed by atoms with Crippen molar-refractivity contribution in [2.24, 2.45) is 5.92 Å². The molecule has 2 radical (unpaired) electrons. The Kier molecular flexibility index (Phi) is 23.0. The van der Waals surface area contributed by atoms with Crippen LogP contribution in [-0.4, -0.2) is 0 Å². The lowest BCUT2D eigenvalue weighted by atomic mass is 9.96. The molecule has 0 aromatic heterocycles. The molecule has 0 amide bonds. The molecule has 0 aliphatic carbocycles. The van der Waals surface area contributed by atoms with Crippen LogP contribution in [-0.2, 0) is 0 Å². The molecule has 0 heterocycles. The Labute approximate surface area is 168 Å². The zero-order valence-corrected chi connectivity index (χ0v) is 18.5. The van der Waals surface area contributed by atoms with Gasteiger partial charge in [-0.05, 0) is 5.92 Å². The minimum Gasteiger partial charge on any atom is -0.0625 e. The average molecular weight is 365 g/mol. The standard InChI is InChI=1S/C26H52/c1-4-6-8-10-11-12-13-14-15-16-17-18-19-21-23-25-26(3)24-22-20-9-7-5-2/h26H,1-2,4-25H2,3H3. The molecule has 156 valence electrons. The van der Waals surface area contributed by atoms with Gasteiger partial charge in [-0.3, -0.25) is 0 Å². The molecule has 0 aromatic carbocycles. The minimum atomic E-state index is 0.952. The Morgan fingerprint density at radius 3 is 0.885 bits per heavy atom. The van der Waals surface area contributed by atoms with Crippen LogP contribution in [0.2, 0.25) is 0 Å². The second-order valence-corrected chi connectivity index (χ2v) is 8.75. The fraction of sp³-hybridized carbons (Fsp3) is 0.923. The largest absolute Gasteiger partial charge is 0.0625 e. The van der Waals surface area contributed by atoms with Gasteiger partial charge >= 0.3 is 0 Å². The molecular formula is C26H52. The van der Waals surface area contributed by atoms with Crippen molar-refractivity contribution in [3.8, 4) is 0 Å². The molecule has 1 atom stereocenters. The first-order valence-corrected chi connectivity index (χ1v) is 12.4. The van der Waals surface area contributed by atoms with Crippen molar-refractivity contribution >= 4 is 0 Å². The van der Waals surface area contributed by atoms with Crippen molar-refractivity contribution in [1.29, 1.82) is 0 Å². The summed E-state index contributed by atoms with van der Waals surface area (Å²) < 4.78 is 0. The van der Waals surface area contributed by atoms with Gasteiger partial charge in [0.1, 0.15) is 0 Å². The molecule has 0 aliphatic heterocycles. The highest BCUT2D eigenvalue weighted by molar-refractivity contribution is 4.56. The van der Waals surface area contributed by atoms with E-state index in [1.54, 1.807) is 0 Å². The molecule has 0 saturated carbocycles. The molecule has 0 N–H and O–H groups in total. The number of rotatable bonds is 22. The second kappa shape index (κ2) is 23.0. The van der Waals surface area contributed by atoms with E-state index in [-0.39, 0.29) is 0 Å². The summed E-state index contributed by atoms with van der Waals surface area (Å²) in [6.45, 7) is 10.3. The van der Waals surface area contributed by atoms with Crippen LogP contribution in [0, 0.1) is 19.8 Å². The maximum atomic E-state index is 3.92. The van der Waals surface area contributed by atoms with E-state index in [2.05, 4.69) is 20.8 Å². The summed E-state index contributed by atoms with van der Waals surface area (Å²) in [5, 5.41) is 0. The summed E-state index contributed by atoms with van der Waals surface area (Å²) in [5.74, 6) is 0.952. The van der Waals surface area contributed by atoms with Crippen LogP contribution in [0.4, 0.5) is 0 Å². The summed E-state index contributed by atoms with van der Waals surface area (Å²) in [6, 6.07) is 0. The van der Waals surface area contributed by atoms with E-state index >= 15 is 0 Å². The average Bonchev–Trinajstić information content (AvgIpc) is 2.64. The third kappa shape index (κ3) is 22.0. The molecule has 1 unspecified atom stereocenters. The van der Waals surface area contributed by atoms with Crippen molar-refractivity contribution in [3.63, 3.8) is 0 Å². The van der Waals surface area contributed by atoms with Gasteiger partial charge in [0.2, 0.25) is 0 Å². The van der Waals surface area contributed by atoms with Crippen molar-refractivity contribution < 1.29 is 0 Å². The number of hydrogen-bond donors (Lipinski definition) is 0. The summed E-state index contributed by atoms with van der Waals surface area (Å²) in [5.41, 5.74) is 0. The minimum absolute atomic E-state index is 0.952. The predicted octanol–water partition coefficient (Wildman–Crippen LogP) is 9.87. The lowest BCUT2D eigenvalue weighted by molar-refractivity contribution is 0.432. The molecule has 0 fully saturated rings. The second-order valence-electron chi connectivity index (χ2n) is 8.75. The number of hydrogen-bond acceptors (Lipinski definition) is 0. The van der Waals surface area contributed by atoms with E-state index in [0.717, 1.165) is 18.8 Å². The van der Waals surface area contributed by atoms with E-state index in [4.69, 9.17) is 0 Å². The van der Waals surface area contributed by atoms with Gasteiger partial charge < -0.3 is 0 Å². The van der Waals surface area contributed by atoms with Gasteiger partial charge in [0.25, 0.3) is 0 Å². The molecule has 0 spiro atoms. The fourth-order valence-corrected chi connectivity index (χ4v) is 3.96. The van der Waals surface area contributed by atoms with Gasteiger partial charge in [0.15, 0.2) is 0 Å². The van der Waals surface area contributed by atoms with Crippen LogP contribution >= 0.6 is 0 Å². The monoisotopic (exact) mass is 364 g/mol. The third-order valence-electron chi connectivity index (χ3n) is 5.89. The first kappa shape index (κ1) is 26.0. The molecular weight excluding hydrogens is 312 g/mol. The first-order chi connectivity index (χ1) is 12.8. The SMILES string of the molecule is [CH2]CCCCCCCCCCCCCCCCC(C)CCCCCC[CH2]. The summed E-state index contributed by atoms with van der Waals surface area (Å²) >= 11 is 0. The zero-order chi connectivity index (χ0) is 19.1. The maximum absolute atomic E-state index is 3.92. The summed E-state index contributed by atoms with van der Waals surface area (Å²) in [6.07, 6.45) is 31.1. The lowest BCUT2D eigenvalue weighted by Crippen LogP contribution is -1.95. The van der Waals surface area contributed by atoms with Crippen molar-refractivity contribution in [3.05, 3.63) is 13.8 Å².